The highest BCUT2D eigenvalue weighted by Crippen LogP contribution is 2.28. The van der Waals surface area contributed by atoms with Crippen molar-refractivity contribution in [2.75, 3.05) is 25.7 Å². The van der Waals surface area contributed by atoms with E-state index in [4.69, 9.17) is 31.3 Å². The number of aromatic hydroxyl groups is 1. The topological polar surface area (TPSA) is 148 Å². The van der Waals surface area contributed by atoms with Crippen molar-refractivity contribution in [1.82, 2.24) is 9.55 Å². The fourth-order valence-corrected chi connectivity index (χ4v) is 2.38. The average Bonchev–Trinajstić information content (AvgIpc) is 2.57. The number of aliphatic hydroxyl groups is 1. The first-order chi connectivity index (χ1) is 11.7. The van der Waals surface area contributed by atoms with Gasteiger partial charge in [0.15, 0.2) is 11.3 Å². The highest BCUT2D eigenvalue weighted by molar-refractivity contribution is 6.18. The lowest BCUT2D eigenvalue weighted by molar-refractivity contribution is -0.155. The Morgan fingerprint density at radius 1 is 1.40 bits per heavy atom. The Labute approximate surface area is 147 Å². The van der Waals surface area contributed by atoms with Crippen molar-refractivity contribution in [3.05, 3.63) is 21.9 Å². The van der Waals surface area contributed by atoms with Gasteiger partial charge in [-0.25, -0.2) is 9.78 Å². The maximum atomic E-state index is 12.3. The van der Waals surface area contributed by atoms with Gasteiger partial charge in [0.1, 0.15) is 12.4 Å². The summed E-state index contributed by atoms with van der Waals surface area (Å²) in [5, 5.41) is 27.9. The van der Waals surface area contributed by atoms with E-state index in [1.807, 2.05) is 0 Å². The fourth-order valence-electron chi connectivity index (χ4n) is 2.10. The van der Waals surface area contributed by atoms with Gasteiger partial charge in [-0.2, -0.15) is 0 Å². The van der Waals surface area contributed by atoms with Crippen LogP contribution in [0.3, 0.4) is 0 Å². The molecule has 1 unspecified atom stereocenters. The van der Waals surface area contributed by atoms with Crippen molar-refractivity contribution in [3.8, 4) is 5.75 Å². The Morgan fingerprint density at radius 2 is 2.04 bits per heavy atom. The summed E-state index contributed by atoms with van der Waals surface area (Å²) in [7, 11) is 0. The van der Waals surface area contributed by atoms with Gasteiger partial charge in [-0.1, -0.05) is 0 Å². The van der Waals surface area contributed by atoms with E-state index in [0.717, 1.165) is 11.5 Å². The molecule has 0 aromatic carbocycles. The molecule has 1 heterocycles. The number of nitrogens with zero attached hydrogens (tertiary/aromatic N) is 2. The number of halogens is 1. The van der Waals surface area contributed by atoms with Gasteiger partial charge < -0.3 is 24.8 Å². The van der Waals surface area contributed by atoms with Crippen LogP contribution in [-0.2, 0) is 26.4 Å². The van der Waals surface area contributed by atoms with Crippen molar-refractivity contribution >= 4 is 23.5 Å². The summed E-state index contributed by atoms with van der Waals surface area (Å²) in [6.45, 7) is 1.60. The molecule has 0 saturated carbocycles. The number of carbonyl (C=O) groups excluding carboxylic acids is 1. The molecule has 3 N–H and O–H groups in total. The van der Waals surface area contributed by atoms with Crippen LogP contribution in [0.25, 0.3) is 0 Å². The summed E-state index contributed by atoms with van der Waals surface area (Å²) >= 11 is 5.97. The number of alkyl halides is 1. The Balaban J connectivity index is 3.68. The van der Waals surface area contributed by atoms with Gasteiger partial charge in [-0.3, -0.25) is 14.2 Å². The molecule has 0 bridgehead atoms. The lowest BCUT2D eigenvalue weighted by Crippen LogP contribution is -2.45. The fraction of sp³-hybridized carbons (Fsp3) is 0.571. The van der Waals surface area contributed by atoms with Crippen LogP contribution in [0.4, 0.5) is 0 Å². The number of aromatic nitrogens is 2. The third-order valence-corrected chi connectivity index (χ3v) is 3.70. The quantitative estimate of drug-likeness (QED) is 0.388. The molecule has 0 saturated heterocycles. The second-order valence-corrected chi connectivity index (χ2v) is 5.23. The van der Waals surface area contributed by atoms with E-state index in [1.165, 1.54) is 0 Å². The molecule has 1 atom stereocenters. The molecule has 1 aromatic heterocycles. The molecule has 25 heavy (non-hydrogen) atoms. The minimum Gasteiger partial charge on any atom is -0.501 e. The number of hydrogen-bond donors (Lipinski definition) is 3. The summed E-state index contributed by atoms with van der Waals surface area (Å²) < 4.78 is 11.4. The molecule has 1 rings (SSSR count). The Bertz CT molecular complexity index is 705. The van der Waals surface area contributed by atoms with Crippen LogP contribution in [0.1, 0.15) is 30.2 Å². The number of rotatable bonds is 9. The number of ether oxygens (including phenoxy) is 2. The first-order valence-corrected chi connectivity index (χ1v) is 7.79. The molecule has 140 valence electrons. The van der Waals surface area contributed by atoms with E-state index in [9.17, 15) is 19.5 Å². The predicted molar refractivity (Wildman–Crippen MR) is 84.9 cm³/mol. The molecule has 1 aromatic rings. The van der Waals surface area contributed by atoms with Crippen LogP contribution in [0.2, 0.25) is 0 Å². The summed E-state index contributed by atoms with van der Waals surface area (Å²) in [5.74, 6) is -3.92. The Kier molecular flexibility index (Phi) is 7.34. The molecule has 10 nitrogen and oxygen atoms in total. The van der Waals surface area contributed by atoms with Gasteiger partial charge in [-0.05, 0) is 6.92 Å². The zero-order valence-electron chi connectivity index (χ0n) is 13.7. The lowest BCUT2D eigenvalue weighted by atomic mass is 10.1. The van der Waals surface area contributed by atoms with Crippen LogP contribution >= 0.6 is 11.6 Å². The van der Waals surface area contributed by atoms with Crippen LogP contribution in [-0.4, -0.2) is 62.5 Å². The maximum Gasteiger partial charge on any atom is 0.358 e. The number of hydrogen-bond acceptors (Lipinski definition) is 8. The van der Waals surface area contributed by atoms with E-state index < -0.39 is 47.8 Å². The van der Waals surface area contributed by atoms with Crippen LogP contribution in [0, 0.1) is 0 Å². The molecule has 0 amide bonds. The second-order valence-electron chi connectivity index (χ2n) is 4.97. The van der Waals surface area contributed by atoms with Gasteiger partial charge >= 0.3 is 11.9 Å². The standard InChI is InChI=1S/C14H19ClN2O8/c1-3-17-11(21)10(20)9(12(22)23)16-13(17)14(6-15,25-5-4-18)7-24-8(2)19/h18,20H,3-7H2,1-2H3,(H,22,23). The molecule has 0 radical (unpaired) electrons. The minimum absolute atomic E-state index is 0.00974. The highest BCUT2D eigenvalue weighted by atomic mass is 35.5. The zero-order valence-corrected chi connectivity index (χ0v) is 14.4. The van der Waals surface area contributed by atoms with Crippen molar-refractivity contribution in [2.45, 2.75) is 26.0 Å². The average molecular weight is 379 g/mol. The van der Waals surface area contributed by atoms with Crippen LogP contribution in [0.5, 0.6) is 5.75 Å². The monoisotopic (exact) mass is 378 g/mol. The van der Waals surface area contributed by atoms with Gasteiger partial charge in [0.25, 0.3) is 5.56 Å². The van der Waals surface area contributed by atoms with E-state index in [-0.39, 0.29) is 24.9 Å². The van der Waals surface area contributed by atoms with Crippen LogP contribution < -0.4 is 5.56 Å². The van der Waals surface area contributed by atoms with Gasteiger partial charge in [0.05, 0.1) is 19.1 Å². The molecule has 0 aliphatic heterocycles. The number of esters is 1. The van der Waals surface area contributed by atoms with Gasteiger partial charge in [-0.15, -0.1) is 11.6 Å². The van der Waals surface area contributed by atoms with Gasteiger partial charge in [0.2, 0.25) is 5.75 Å². The summed E-state index contributed by atoms with van der Waals surface area (Å²) in [6.07, 6.45) is 0. The zero-order chi connectivity index (χ0) is 19.2. The third kappa shape index (κ3) is 4.47. The highest BCUT2D eigenvalue weighted by Gasteiger charge is 2.40. The van der Waals surface area contributed by atoms with Crippen molar-refractivity contribution < 1.29 is 34.4 Å². The second kappa shape index (κ2) is 8.79. The summed E-state index contributed by atoms with van der Waals surface area (Å²) in [4.78, 5) is 38.5. The minimum atomic E-state index is -1.69. The van der Waals surface area contributed by atoms with Crippen molar-refractivity contribution in [3.63, 3.8) is 0 Å². The maximum absolute atomic E-state index is 12.3. The van der Waals surface area contributed by atoms with E-state index in [1.54, 1.807) is 6.92 Å². The molecule has 0 aliphatic carbocycles. The molecule has 0 spiro atoms. The van der Waals surface area contributed by atoms with Crippen LogP contribution in [0.15, 0.2) is 4.79 Å². The molecule has 11 heteroatoms. The number of carboxylic acids is 1. The first kappa shape index (κ1) is 20.9. The van der Waals surface area contributed by atoms with E-state index in [0.29, 0.717) is 0 Å². The van der Waals surface area contributed by atoms with Crippen molar-refractivity contribution in [1.29, 1.82) is 0 Å². The Hall–Kier alpha value is -2.17. The van der Waals surface area contributed by atoms with E-state index >= 15 is 0 Å². The van der Waals surface area contributed by atoms with E-state index in [2.05, 4.69) is 4.98 Å². The van der Waals surface area contributed by atoms with Gasteiger partial charge in [0, 0.05) is 13.5 Å². The largest absolute Gasteiger partial charge is 0.501 e. The summed E-state index contributed by atoms with van der Waals surface area (Å²) in [5.41, 5.74) is -3.58. The smallest absolute Gasteiger partial charge is 0.358 e. The number of aromatic carboxylic acids is 1. The number of carboxylic acid groups (broad SMARTS) is 1. The predicted octanol–water partition coefficient (Wildman–Crippen LogP) is -0.327. The molecule has 0 aliphatic rings. The first-order valence-electron chi connectivity index (χ1n) is 7.25. The molecular formula is C14H19ClN2O8. The number of aliphatic hydroxyl groups excluding tert-OH is 1. The SMILES string of the molecule is CCn1c(C(CCl)(COC(C)=O)OCCO)nc(C(=O)O)c(O)c1=O. The molecular weight excluding hydrogens is 360 g/mol. The number of carbonyl (C=O) groups is 2. The molecule has 0 fully saturated rings. The lowest BCUT2D eigenvalue weighted by Gasteiger charge is -2.32. The normalized spacial score (nSPS) is 13.3. The Morgan fingerprint density at radius 3 is 2.48 bits per heavy atom. The summed E-state index contributed by atoms with van der Waals surface area (Å²) in [6, 6.07) is 0. The third-order valence-electron chi connectivity index (χ3n) is 3.27. The van der Waals surface area contributed by atoms with Crippen molar-refractivity contribution in [2.24, 2.45) is 0 Å².